The van der Waals surface area contributed by atoms with E-state index in [-0.39, 0.29) is 6.92 Å². The Morgan fingerprint density at radius 1 is 0.929 bits per heavy atom. The van der Waals surface area contributed by atoms with Crippen molar-refractivity contribution < 1.29 is 26.3 Å². The first-order valence-corrected chi connectivity index (χ1v) is 3.38. The molecule has 0 nitrogen and oxygen atoms in total. The molecular formula is C8H3F6. The van der Waals surface area contributed by atoms with Gasteiger partial charge in [0.2, 0.25) is 0 Å². The van der Waals surface area contributed by atoms with Gasteiger partial charge in [0, 0.05) is 13.0 Å². The molecule has 0 N–H and O–H groups in total. The minimum Gasteiger partial charge on any atom is -0.203 e. The van der Waals surface area contributed by atoms with Crippen molar-refractivity contribution in [2.45, 2.75) is 12.8 Å². The van der Waals surface area contributed by atoms with Crippen LogP contribution in [0, 0.1) is 29.3 Å². The Morgan fingerprint density at radius 2 is 1.43 bits per heavy atom. The van der Waals surface area contributed by atoms with Crippen molar-refractivity contribution in [1.29, 1.82) is 0 Å². The van der Waals surface area contributed by atoms with Gasteiger partial charge < -0.3 is 0 Å². The van der Waals surface area contributed by atoms with Crippen molar-refractivity contribution >= 4 is 0 Å². The molecule has 0 saturated carbocycles. The van der Waals surface area contributed by atoms with Gasteiger partial charge in [0.05, 0.1) is 5.56 Å². The fourth-order valence-corrected chi connectivity index (χ4v) is 0.824. The molecule has 0 bridgehead atoms. The molecule has 0 saturated heterocycles. The van der Waals surface area contributed by atoms with Gasteiger partial charge in [0.15, 0.2) is 23.3 Å². The van der Waals surface area contributed by atoms with Gasteiger partial charge in [-0.05, 0) is 0 Å². The molecule has 0 heterocycles. The minimum absolute atomic E-state index is 0.221. The third-order valence-electron chi connectivity index (χ3n) is 1.47. The minimum atomic E-state index is -3.82. The van der Waals surface area contributed by atoms with Gasteiger partial charge in [-0.2, -0.15) is 0 Å². The lowest BCUT2D eigenvalue weighted by Crippen LogP contribution is -2.14. The summed E-state index contributed by atoms with van der Waals surface area (Å²) in [5, 5.41) is 0. The topological polar surface area (TPSA) is 0 Å². The SMILES string of the molecule is CC(F)(F)c1[c]c(F)c(F)c(F)c1F. The Kier molecular flexibility index (Phi) is 2.47. The summed E-state index contributed by atoms with van der Waals surface area (Å²) in [5.74, 6) is -12.3. The van der Waals surface area contributed by atoms with E-state index in [1.807, 2.05) is 0 Å². The summed E-state index contributed by atoms with van der Waals surface area (Å²) < 4.78 is 74.7. The second-order valence-corrected chi connectivity index (χ2v) is 2.64. The third kappa shape index (κ3) is 1.69. The molecule has 0 unspecified atom stereocenters. The van der Waals surface area contributed by atoms with Crippen LogP contribution in [-0.4, -0.2) is 0 Å². The molecule has 0 aliphatic carbocycles. The maximum absolute atomic E-state index is 12.6. The largest absolute Gasteiger partial charge is 0.274 e. The summed E-state index contributed by atoms with van der Waals surface area (Å²) in [6.45, 7) is 0.221. The van der Waals surface area contributed by atoms with Crippen LogP contribution in [-0.2, 0) is 5.92 Å². The van der Waals surface area contributed by atoms with E-state index in [9.17, 15) is 26.3 Å². The lowest BCUT2D eigenvalue weighted by molar-refractivity contribution is 0.0120. The first kappa shape index (κ1) is 10.9. The Balaban J connectivity index is 3.49. The number of benzene rings is 1. The molecule has 0 spiro atoms. The summed E-state index contributed by atoms with van der Waals surface area (Å²) in [7, 11) is 0. The van der Waals surface area contributed by atoms with Crippen LogP contribution >= 0.6 is 0 Å². The fraction of sp³-hybridized carbons (Fsp3) is 0.250. The van der Waals surface area contributed by atoms with Crippen molar-refractivity contribution in [2.75, 3.05) is 0 Å². The van der Waals surface area contributed by atoms with E-state index in [1.165, 1.54) is 0 Å². The van der Waals surface area contributed by atoms with Crippen molar-refractivity contribution in [3.05, 3.63) is 34.9 Å². The maximum atomic E-state index is 12.6. The molecule has 0 atom stereocenters. The highest BCUT2D eigenvalue weighted by atomic mass is 19.3. The van der Waals surface area contributed by atoms with Gasteiger partial charge in [0.1, 0.15) is 0 Å². The molecule has 0 aliphatic rings. The summed E-state index contributed by atoms with van der Waals surface area (Å²) in [4.78, 5) is 0. The zero-order chi connectivity index (χ0) is 11.1. The van der Waals surface area contributed by atoms with Crippen LogP contribution in [0.5, 0.6) is 0 Å². The normalized spacial score (nSPS) is 11.9. The Bertz CT molecular complexity index is 365. The predicted octanol–water partition coefficient (Wildman–Crippen LogP) is 3.15. The molecule has 0 aromatic heterocycles. The first-order chi connectivity index (χ1) is 6.25. The molecule has 1 aromatic rings. The standard InChI is InChI=1S/C8H3F6/c1-8(13,14)3-2-4(9)6(11)7(12)5(3)10/h1H3. The molecule has 0 fully saturated rings. The van der Waals surface area contributed by atoms with Crippen molar-refractivity contribution in [3.63, 3.8) is 0 Å². The highest BCUT2D eigenvalue weighted by molar-refractivity contribution is 5.23. The highest BCUT2D eigenvalue weighted by Gasteiger charge is 2.33. The molecule has 1 radical (unpaired) electrons. The zero-order valence-electron chi connectivity index (χ0n) is 6.77. The number of rotatable bonds is 1. The molecule has 0 aliphatic heterocycles. The molecule has 6 heteroatoms. The average Bonchev–Trinajstić information content (AvgIpc) is 2.06. The first-order valence-electron chi connectivity index (χ1n) is 3.38. The molecule has 14 heavy (non-hydrogen) atoms. The molecule has 1 rings (SSSR count). The van der Waals surface area contributed by atoms with E-state index >= 15 is 0 Å². The lowest BCUT2D eigenvalue weighted by atomic mass is 10.1. The lowest BCUT2D eigenvalue weighted by Gasteiger charge is -2.11. The molecule has 77 valence electrons. The van der Waals surface area contributed by atoms with Crippen LogP contribution in [0.15, 0.2) is 0 Å². The quantitative estimate of drug-likeness (QED) is 0.382. The monoisotopic (exact) mass is 213 g/mol. The van der Waals surface area contributed by atoms with Crippen molar-refractivity contribution in [1.82, 2.24) is 0 Å². The highest BCUT2D eigenvalue weighted by Crippen LogP contribution is 2.31. The maximum Gasteiger partial charge on any atom is 0.274 e. The second kappa shape index (κ2) is 3.18. The Hall–Kier alpha value is -1.20. The van der Waals surface area contributed by atoms with Gasteiger partial charge in [-0.25, -0.2) is 26.3 Å². The van der Waals surface area contributed by atoms with Crippen LogP contribution < -0.4 is 0 Å². The Morgan fingerprint density at radius 3 is 1.86 bits per heavy atom. The third-order valence-corrected chi connectivity index (χ3v) is 1.47. The van der Waals surface area contributed by atoms with Crippen LogP contribution in [0.4, 0.5) is 26.3 Å². The van der Waals surface area contributed by atoms with E-state index in [0.717, 1.165) is 6.07 Å². The van der Waals surface area contributed by atoms with Crippen LogP contribution in [0.2, 0.25) is 0 Å². The van der Waals surface area contributed by atoms with Gasteiger partial charge in [-0.15, -0.1) is 0 Å². The molecular weight excluding hydrogens is 210 g/mol. The summed E-state index contributed by atoms with van der Waals surface area (Å²) in [6, 6.07) is 1.12. The van der Waals surface area contributed by atoms with Gasteiger partial charge >= 0.3 is 0 Å². The number of hydrogen-bond donors (Lipinski definition) is 0. The van der Waals surface area contributed by atoms with E-state index in [1.54, 1.807) is 0 Å². The Labute approximate surface area is 75.2 Å². The van der Waals surface area contributed by atoms with Crippen molar-refractivity contribution in [3.8, 4) is 0 Å². The smallest absolute Gasteiger partial charge is 0.203 e. The van der Waals surface area contributed by atoms with E-state index < -0.39 is 34.8 Å². The van der Waals surface area contributed by atoms with Crippen LogP contribution in [0.1, 0.15) is 12.5 Å². The van der Waals surface area contributed by atoms with Crippen LogP contribution in [0.25, 0.3) is 0 Å². The molecule has 0 amide bonds. The van der Waals surface area contributed by atoms with E-state index in [2.05, 4.69) is 0 Å². The van der Waals surface area contributed by atoms with E-state index in [4.69, 9.17) is 0 Å². The fourth-order valence-electron chi connectivity index (χ4n) is 0.824. The van der Waals surface area contributed by atoms with Gasteiger partial charge in [0.25, 0.3) is 5.92 Å². The zero-order valence-corrected chi connectivity index (χ0v) is 6.77. The summed E-state index contributed by atoms with van der Waals surface area (Å²) in [5.41, 5.74) is -1.63. The predicted molar refractivity (Wildman–Crippen MR) is 34.7 cm³/mol. The molecule has 1 aromatic carbocycles. The second-order valence-electron chi connectivity index (χ2n) is 2.64. The van der Waals surface area contributed by atoms with Gasteiger partial charge in [-0.1, -0.05) is 0 Å². The average molecular weight is 213 g/mol. The van der Waals surface area contributed by atoms with Crippen molar-refractivity contribution in [2.24, 2.45) is 0 Å². The number of hydrogen-bond acceptors (Lipinski definition) is 0. The van der Waals surface area contributed by atoms with Crippen LogP contribution in [0.3, 0.4) is 0 Å². The van der Waals surface area contributed by atoms with E-state index in [0.29, 0.717) is 0 Å². The van der Waals surface area contributed by atoms with Gasteiger partial charge in [-0.3, -0.25) is 0 Å². The summed E-state index contributed by atoms with van der Waals surface area (Å²) >= 11 is 0. The summed E-state index contributed by atoms with van der Waals surface area (Å²) in [6.07, 6.45) is 0. The number of halogens is 6. The number of alkyl halides is 2.